The summed E-state index contributed by atoms with van der Waals surface area (Å²) in [5, 5.41) is 2.17. The largest absolute Gasteiger partial charge is 0.497 e. The first-order valence-electron chi connectivity index (χ1n) is 9.74. The Balaban J connectivity index is 1.75. The fourth-order valence-electron chi connectivity index (χ4n) is 3.31. The number of benzene rings is 2. The van der Waals surface area contributed by atoms with E-state index in [1.807, 2.05) is 19.1 Å². The van der Waals surface area contributed by atoms with Gasteiger partial charge in [0, 0.05) is 17.4 Å². The quantitative estimate of drug-likeness (QED) is 0.598. The number of nitrogens with one attached hydrogen (secondary N) is 1. The van der Waals surface area contributed by atoms with Crippen LogP contribution in [0.5, 0.6) is 5.75 Å². The predicted molar refractivity (Wildman–Crippen MR) is 114 cm³/mol. The minimum absolute atomic E-state index is 0.169. The second kappa shape index (κ2) is 8.37. The molecule has 1 aliphatic rings. The van der Waals surface area contributed by atoms with Crippen LogP contribution >= 0.6 is 0 Å². The van der Waals surface area contributed by atoms with E-state index in [2.05, 4.69) is 15.3 Å². The van der Waals surface area contributed by atoms with Crippen LogP contribution in [0.2, 0.25) is 0 Å². The number of urea groups is 1. The molecule has 10 heteroatoms. The van der Waals surface area contributed by atoms with Crippen LogP contribution in [0.25, 0.3) is 0 Å². The third-order valence-corrected chi connectivity index (χ3v) is 4.93. The highest BCUT2D eigenvalue weighted by atomic mass is 19.4. The standard InChI is InChI=1S/C22H20F3N5O2/c1-14-3-5-17(6-4-14)30-19-15(11-26-20(28-19)27-13-22(23,24)25)12-29(21(30)31)16-7-9-18(32-2)10-8-16/h3-11H,12-13H2,1-2H3,(H,26,27,28). The molecule has 2 heterocycles. The number of hydrogen-bond donors (Lipinski definition) is 1. The maximum atomic E-state index is 13.5. The van der Waals surface area contributed by atoms with Crippen LogP contribution in [-0.2, 0) is 6.54 Å². The van der Waals surface area contributed by atoms with E-state index >= 15 is 0 Å². The Hall–Kier alpha value is -3.82. The number of rotatable bonds is 5. The molecule has 3 aromatic rings. The van der Waals surface area contributed by atoms with Crippen LogP contribution in [0.4, 0.5) is 41.1 Å². The van der Waals surface area contributed by atoms with Crippen LogP contribution in [0.1, 0.15) is 11.1 Å². The molecule has 0 spiro atoms. The molecule has 1 N–H and O–H groups in total. The van der Waals surface area contributed by atoms with Gasteiger partial charge in [-0.15, -0.1) is 0 Å². The zero-order chi connectivity index (χ0) is 22.9. The average molecular weight is 443 g/mol. The van der Waals surface area contributed by atoms with Crippen molar-refractivity contribution in [2.24, 2.45) is 0 Å². The molecule has 32 heavy (non-hydrogen) atoms. The van der Waals surface area contributed by atoms with Gasteiger partial charge in [0.05, 0.1) is 19.3 Å². The number of fused-ring (bicyclic) bond motifs is 1. The predicted octanol–water partition coefficient (Wildman–Crippen LogP) is 5.05. The van der Waals surface area contributed by atoms with Crippen molar-refractivity contribution >= 4 is 29.2 Å². The highest BCUT2D eigenvalue weighted by molar-refractivity contribution is 6.10. The molecule has 1 aliphatic heterocycles. The van der Waals surface area contributed by atoms with E-state index in [9.17, 15) is 18.0 Å². The third kappa shape index (κ3) is 4.43. The van der Waals surface area contributed by atoms with Crippen LogP contribution < -0.4 is 19.9 Å². The lowest BCUT2D eigenvalue weighted by molar-refractivity contribution is -0.115. The molecular formula is C22H20F3N5O2. The molecule has 2 aromatic carbocycles. The molecule has 0 radical (unpaired) electrons. The van der Waals surface area contributed by atoms with Gasteiger partial charge in [0.25, 0.3) is 0 Å². The first-order chi connectivity index (χ1) is 15.2. The van der Waals surface area contributed by atoms with Crippen molar-refractivity contribution in [3.8, 4) is 5.75 Å². The van der Waals surface area contributed by atoms with Gasteiger partial charge in [-0.2, -0.15) is 18.2 Å². The summed E-state index contributed by atoms with van der Waals surface area (Å²) in [4.78, 5) is 24.7. The topological polar surface area (TPSA) is 70.6 Å². The molecule has 0 bridgehead atoms. The number of ether oxygens (including phenoxy) is 1. The van der Waals surface area contributed by atoms with E-state index in [0.29, 0.717) is 22.7 Å². The van der Waals surface area contributed by atoms with Crippen LogP contribution in [0.15, 0.2) is 54.7 Å². The Morgan fingerprint density at radius 3 is 2.34 bits per heavy atom. The summed E-state index contributed by atoms with van der Waals surface area (Å²) in [6.07, 6.45) is -2.98. The SMILES string of the molecule is COc1ccc(N2Cc3cnc(NCC(F)(F)F)nc3N(c3ccc(C)cc3)C2=O)cc1. The van der Waals surface area contributed by atoms with Crippen molar-refractivity contribution in [1.29, 1.82) is 0 Å². The number of halogens is 3. The molecule has 0 aliphatic carbocycles. The van der Waals surface area contributed by atoms with Gasteiger partial charge in [-0.05, 0) is 43.3 Å². The molecule has 2 amide bonds. The molecular weight excluding hydrogens is 423 g/mol. The number of carbonyl (C=O) groups is 1. The van der Waals surface area contributed by atoms with Gasteiger partial charge in [0.1, 0.15) is 12.3 Å². The summed E-state index contributed by atoms with van der Waals surface area (Å²) < 4.78 is 43.0. The number of aryl methyl sites for hydroxylation is 1. The number of aromatic nitrogens is 2. The van der Waals surface area contributed by atoms with E-state index in [1.165, 1.54) is 11.1 Å². The maximum Gasteiger partial charge on any atom is 0.405 e. The third-order valence-electron chi connectivity index (χ3n) is 4.93. The Bertz CT molecular complexity index is 1120. The Kier molecular flexibility index (Phi) is 5.60. The van der Waals surface area contributed by atoms with Crippen molar-refractivity contribution < 1.29 is 22.7 Å². The second-order valence-corrected chi connectivity index (χ2v) is 7.25. The zero-order valence-corrected chi connectivity index (χ0v) is 17.3. The lowest BCUT2D eigenvalue weighted by Crippen LogP contribution is -2.45. The number of anilines is 4. The van der Waals surface area contributed by atoms with Crippen LogP contribution in [0.3, 0.4) is 0 Å². The summed E-state index contributed by atoms with van der Waals surface area (Å²) in [6.45, 7) is 0.811. The minimum Gasteiger partial charge on any atom is -0.497 e. The van der Waals surface area contributed by atoms with Gasteiger partial charge >= 0.3 is 12.2 Å². The first-order valence-corrected chi connectivity index (χ1v) is 9.74. The first kappa shape index (κ1) is 21.4. The fourth-order valence-corrected chi connectivity index (χ4v) is 3.31. The molecule has 0 saturated carbocycles. The zero-order valence-electron chi connectivity index (χ0n) is 17.3. The Morgan fingerprint density at radius 2 is 1.72 bits per heavy atom. The molecule has 0 saturated heterocycles. The second-order valence-electron chi connectivity index (χ2n) is 7.25. The van der Waals surface area contributed by atoms with Crippen molar-refractivity contribution in [3.63, 3.8) is 0 Å². The van der Waals surface area contributed by atoms with Crippen molar-refractivity contribution in [1.82, 2.24) is 9.97 Å². The molecule has 4 rings (SSSR count). The van der Waals surface area contributed by atoms with Gasteiger partial charge in [-0.3, -0.25) is 4.90 Å². The molecule has 0 fully saturated rings. The number of methoxy groups -OCH3 is 1. The minimum atomic E-state index is -4.42. The summed E-state index contributed by atoms with van der Waals surface area (Å²) in [5.74, 6) is 0.685. The maximum absolute atomic E-state index is 13.5. The van der Waals surface area contributed by atoms with Crippen molar-refractivity contribution in [3.05, 3.63) is 65.9 Å². The summed E-state index contributed by atoms with van der Waals surface area (Å²) >= 11 is 0. The number of amides is 2. The van der Waals surface area contributed by atoms with E-state index < -0.39 is 12.7 Å². The van der Waals surface area contributed by atoms with E-state index in [1.54, 1.807) is 48.4 Å². The van der Waals surface area contributed by atoms with Gasteiger partial charge in [-0.25, -0.2) is 14.7 Å². The van der Waals surface area contributed by atoms with Gasteiger partial charge < -0.3 is 10.1 Å². The highest BCUT2D eigenvalue weighted by Crippen LogP contribution is 2.36. The lowest BCUT2D eigenvalue weighted by atomic mass is 10.1. The van der Waals surface area contributed by atoms with Crippen LogP contribution in [-0.4, -0.2) is 35.8 Å². The number of alkyl halides is 3. The monoisotopic (exact) mass is 443 g/mol. The summed E-state index contributed by atoms with van der Waals surface area (Å²) in [5.41, 5.74) is 2.78. The van der Waals surface area contributed by atoms with E-state index in [4.69, 9.17) is 4.74 Å². The fraction of sp³-hybridized carbons (Fsp3) is 0.227. The summed E-state index contributed by atoms with van der Waals surface area (Å²) in [7, 11) is 1.55. The summed E-state index contributed by atoms with van der Waals surface area (Å²) in [6, 6.07) is 13.8. The van der Waals surface area contributed by atoms with Gasteiger partial charge in [-0.1, -0.05) is 17.7 Å². The molecule has 1 aromatic heterocycles. The molecule has 0 atom stereocenters. The average Bonchev–Trinajstić information content (AvgIpc) is 2.78. The molecule has 0 unspecified atom stereocenters. The van der Waals surface area contributed by atoms with Crippen LogP contribution in [0, 0.1) is 6.92 Å². The molecule has 7 nitrogen and oxygen atoms in total. The van der Waals surface area contributed by atoms with Crippen molar-refractivity contribution in [2.75, 3.05) is 28.8 Å². The van der Waals surface area contributed by atoms with Crippen molar-refractivity contribution in [2.45, 2.75) is 19.6 Å². The number of nitrogens with zero attached hydrogens (tertiary/aromatic N) is 4. The molecule has 166 valence electrons. The smallest absolute Gasteiger partial charge is 0.405 e. The lowest BCUT2D eigenvalue weighted by Gasteiger charge is -2.36. The normalized spacial score (nSPS) is 13.7. The van der Waals surface area contributed by atoms with E-state index in [0.717, 1.165) is 5.56 Å². The Morgan fingerprint density at radius 1 is 1.06 bits per heavy atom. The van der Waals surface area contributed by atoms with E-state index in [-0.39, 0.29) is 24.3 Å². The number of hydrogen-bond acceptors (Lipinski definition) is 5. The Labute approximate surface area is 182 Å². The van der Waals surface area contributed by atoms with Gasteiger partial charge in [0.15, 0.2) is 5.82 Å². The van der Waals surface area contributed by atoms with Gasteiger partial charge in [0.2, 0.25) is 5.95 Å². The number of carbonyl (C=O) groups excluding carboxylic acids is 1. The highest BCUT2D eigenvalue weighted by Gasteiger charge is 2.35.